The predicted molar refractivity (Wildman–Crippen MR) is 82.6 cm³/mol. The zero-order valence-electron chi connectivity index (χ0n) is 11.6. The van der Waals surface area contributed by atoms with Gasteiger partial charge in [0.05, 0.1) is 19.9 Å². The van der Waals surface area contributed by atoms with Crippen LogP contribution < -0.4 is 10.1 Å². The number of benzene rings is 1. The summed E-state index contributed by atoms with van der Waals surface area (Å²) in [6.07, 6.45) is 1.65. The minimum Gasteiger partial charge on any atom is -0.497 e. The Kier molecular flexibility index (Phi) is 5.01. The van der Waals surface area contributed by atoms with Crippen molar-refractivity contribution in [2.75, 3.05) is 14.2 Å². The van der Waals surface area contributed by atoms with Crippen LogP contribution in [0.15, 0.2) is 47.1 Å². The van der Waals surface area contributed by atoms with Gasteiger partial charge < -0.3 is 19.4 Å². The molecule has 2 rings (SSSR count). The lowest BCUT2D eigenvalue weighted by molar-refractivity contribution is 0.414. The molecule has 0 bridgehead atoms. The highest BCUT2D eigenvalue weighted by molar-refractivity contribution is 7.80. The largest absolute Gasteiger partial charge is 0.497 e. The number of hydrogen-bond acceptors (Lipinski definition) is 3. The molecule has 0 radical (unpaired) electrons. The van der Waals surface area contributed by atoms with Crippen LogP contribution in [0.25, 0.3) is 0 Å². The van der Waals surface area contributed by atoms with E-state index in [2.05, 4.69) is 5.32 Å². The number of thiocarbonyl (C=S) groups is 1. The lowest BCUT2D eigenvalue weighted by Gasteiger charge is -2.20. The Balaban J connectivity index is 1.83. The second-order valence-corrected chi connectivity index (χ2v) is 4.83. The van der Waals surface area contributed by atoms with E-state index < -0.39 is 0 Å². The Morgan fingerprint density at radius 3 is 2.65 bits per heavy atom. The molecule has 1 aromatic heterocycles. The van der Waals surface area contributed by atoms with E-state index >= 15 is 0 Å². The van der Waals surface area contributed by atoms with E-state index in [0.717, 1.165) is 18.1 Å². The molecule has 20 heavy (non-hydrogen) atoms. The number of methoxy groups -OCH3 is 1. The van der Waals surface area contributed by atoms with Gasteiger partial charge in [0.1, 0.15) is 11.5 Å². The third-order valence-corrected chi connectivity index (χ3v) is 3.38. The van der Waals surface area contributed by atoms with Gasteiger partial charge in [0.2, 0.25) is 0 Å². The van der Waals surface area contributed by atoms with Gasteiger partial charge in [-0.2, -0.15) is 0 Å². The first-order chi connectivity index (χ1) is 9.69. The SMILES string of the molecule is COc1ccc(CN(C)C(=S)NCc2ccco2)cc1. The Labute approximate surface area is 124 Å². The molecule has 0 aliphatic heterocycles. The molecule has 2 aromatic rings. The van der Waals surface area contributed by atoms with Crippen molar-refractivity contribution in [3.05, 3.63) is 54.0 Å². The molecule has 0 amide bonds. The smallest absolute Gasteiger partial charge is 0.169 e. The minimum atomic E-state index is 0.596. The first kappa shape index (κ1) is 14.4. The van der Waals surface area contributed by atoms with Crippen molar-refractivity contribution >= 4 is 17.3 Å². The maximum absolute atomic E-state index is 5.35. The molecule has 0 unspecified atom stereocenters. The molecular weight excluding hydrogens is 272 g/mol. The van der Waals surface area contributed by atoms with E-state index in [4.69, 9.17) is 21.4 Å². The minimum absolute atomic E-state index is 0.596. The summed E-state index contributed by atoms with van der Waals surface area (Å²) in [6, 6.07) is 11.7. The molecule has 1 aromatic carbocycles. The number of nitrogens with zero attached hydrogens (tertiary/aromatic N) is 1. The van der Waals surface area contributed by atoms with Crippen molar-refractivity contribution in [2.45, 2.75) is 13.1 Å². The molecule has 1 N–H and O–H groups in total. The standard InChI is InChI=1S/C15H18N2O2S/c1-17(11-12-5-7-13(18-2)8-6-12)15(20)16-10-14-4-3-9-19-14/h3-9H,10-11H2,1-2H3,(H,16,20). The Bertz CT molecular complexity index is 538. The van der Waals surface area contributed by atoms with E-state index in [1.807, 2.05) is 48.3 Å². The topological polar surface area (TPSA) is 37.6 Å². The fraction of sp³-hybridized carbons (Fsp3) is 0.267. The van der Waals surface area contributed by atoms with Gasteiger partial charge in [0.25, 0.3) is 0 Å². The van der Waals surface area contributed by atoms with Crippen molar-refractivity contribution in [1.82, 2.24) is 10.2 Å². The molecule has 106 valence electrons. The maximum atomic E-state index is 5.35. The van der Waals surface area contributed by atoms with Crippen LogP contribution in [0.4, 0.5) is 0 Å². The van der Waals surface area contributed by atoms with Gasteiger partial charge in [0.15, 0.2) is 5.11 Å². The van der Waals surface area contributed by atoms with Gasteiger partial charge in [0, 0.05) is 13.6 Å². The highest BCUT2D eigenvalue weighted by Crippen LogP contribution is 2.12. The van der Waals surface area contributed by atoms with Crippen molar-refractivity contribution in [3.8, 4) is 5.75 Å². The summed E-state index contributed by atoms with van der Waals surface area (Å²) in [4.78, 5) is 1.99. The zero-order valence-corrected chi connectivity index (χ0v) is 12.4. The molecule has 0 aliphatic rings. The average molecular weight is 290 g/mol. The van der Waals surface area contributed by atoms with Crippen LogP contribution in [-0.4, -0.2) is 24.2 Å². The Morgan fingerprint density at radius 2 is 2.05 bits per heavy atom. The summed E-state index contributed by atoms with van der Waals surface area (Å²) in [7, 11) is 3.62. The van der Waals surface area contributed by atoms with Gasteiger partial charge in [-0.15, -0.1) is 0 Å². The van der Waals surface area contributed by atoms with Crippen LogP contribution in [0.2, 0.25) is 0 Å². The Hall–Kier alpha value is -2.01. The molecule has 0 aliphatic carbocycles. The van der Waals surface area contributed by atoms with E-state index in [-0.39, 0.29) is 0 Å². The first-order valence-electron chi connectivity index (χ1n) is 6.33. The number of hydrogen-bond donors (Lipinski definition) is 1. The number of ether oxygens (including phenoxy) is 1. The van der Waals surface area contributed by atoms with Crippen LogP contribution >= 0.6 is 12.2 Å². The van der Waals surface area contributed by atoms with Crippen molar-refractivity contribution < 1.29 is 9.15 Å². The summed E-state index contributed by atoms with van der Waals surface area (Å²) < 4.78 is 10.4. The summed E-state index contributed by atoms with van der Waals surface area (Å²) in [5.41, 5.74) is 1.18. The average Bonchev–Trinajstić information content (AvgIpc) is 2.98. The second-order valence-electron chi connectivity index (χ2n) is 4.44. The number of nitrogens with one attached hydrogen (secondary N) is 1. The maximum Gasteiger partial charge on any atom is 0.169 e. The van der Waals surface area contributed by atoms with Gasteiger partial charge in [-0.05, 0) is 42.0 Å². The molecule has 4 nitrogen and oxygen atoms in total. The van der Waals surface area contributed by atoms with Crippen molar-refractivity contribution in [3.63, 3.8) is 0 Å². The summed E-state index contributed by atoms with van der Waals surface area (Å²) in [5, 5.41) is 3.86. The number of furan rings is 1. The predicted octanol–water partition coefficient (Wildman–Crippen LogP) is 2.79. The monoisotopic (exact) mass is 290 g/mol. The summed E-state index contributed by atoms with van der Waals surface area (Å²) in [5.74, 6) is 1.72. The summed E-state index contributed by atoms with van der Waals surface area (Å²) in [6.45, 7) is 1.34. The van der Waals surface area contributed by atoms with Gasteiger partial charge >= 0.3 is 0 Å². The van der Waals surface area contributed by atoms with E-state index in [1.54, 1.807) is 13.4 Å². The third kappa shape index (κ3) is 3.99. The van der Waals surface area contributed by atoms with Crippen LogP contribution in [0.1, 0.15) is 11.3 Å². The van der Waals surface area contributed by atoms with Crippen LogP contribution in [0.3, 0.4) is 0 Å². The van der Waals surface area contributed by atoms with Crippen LogP contribution in [-0.2, 0) is 13.1 Å². The molecule has 0 saturated carbocycles. The highest BCUT2D eigenvalue weighted by Gasteiger charge is 2.06. The Morgan fingerprint density at radius 1 is 1.30 bits per heavy atom. The molecule has 0 saturated heterocycles. The molecule has 0 atom stereocenters. The fourth-order valence-corrected chi connectivity index (χ4v) is 1.92. The molecule has 1 heterocycles. The molecular formula is C15H18N2O2S. The normalized spacial score (nSPS) is 10.1. The van der Waals surface area contributed by atoms with Gasteiger partial charge in [-0.1, -0.05) is 12.1 Å². The molecule has 0 fully saturated rings. The van der Waals surface area contributed by atoms with Crippen LogP contribution in [0.5, 0.6) is 5.75 Å². The first-order valence-corrected chi connectivity index (χ1v) is 6.74. The molecule has 5 heteroatoms. The zero-order chi connectivity index (χ0) is 14.4. The molecule has 0 spiro atoms. The quantitative estimate of drug-likeness (QED) is 0.857. The van der Waals surface area contributed by atoms with Crippen molar-refractivity contribution in [1.29, 1.82) is 0 Å². The third-order valence-electron chi connectivity index (χ3n) is 2.92. The lowest BCUT2D eigenvalue weighted by Crippen LogP contribution is -2.36. The van der Waals surface area contributed by atoms with E-state index in [0.29, 0.717) is 11.7 Å². The van der Waals surface area contributed by atoms with Gasteiger partial charge in [-0.3, -0.25) is 0 Å². The second kappa shape index (κ2) is 6.96. The van der Waals surface area contributed by atoms with E-state index in [9.17, 15) is 0 Å². The van der Waals surface area contributed by atoms with Crippen LogP contribution in [0, 0.1) is 0 Å². The van der Waals surface area contributed by atoms with Gasteiger partial charge in [-0.25, -0.2) is 0 Å². The lowest BCUT2D eigenvalue weighted by atomic mass is 10.2. The van der Waals surface area contributed by atoms with E-state index in [1.165, 1.54) is 5.56 Å². The van der Waals surface area contributed by atoms with Crippen molar-refractivity contribution in [2.24, 2.45) is 0 Å². The fourth-order valence-electron chi connectivity index (χ4n) is 1.79. The highest BCUT2D eigenvalue weighted by atomic mass is 32.1. The summed E-state index contributed by atoms with van der Waals surface area (Å²) >= 11 is 5.35. The number of rotatable bonds is 5.